The van der Waals surface area contributed by atoms with Gasteiger partial charge in [-0.15, -0.1) is 0 Å². The van der Waals surface area contributed by atoms with Crippen molar-refractivity contribution in [2.24, 2.45) is 0 Å². The van der Waals surface area contributed by atoms with Crippen molar-refractivity contribution in [3.05, 3.63) is 269 Å². The van der Waals surface area contributed by atoms with Crippen LogP contribution in [0.4, 0.5) is 34.1 Å². The summed E-state index contributed by atoms with van der Waals surface area (Å²) < 4.78 is 14.1. The Labute approximate surface area is 553 Å². The lowest BCUT2D eigenvalue weighted by Gasteiger charge is -2.46. The second-order valence-corrected chi connectivity index (χ2v) is 31.9. The van der Waals surface area contributed by atoms with Gasteiger partial charge >= 0.3 is 0 Å². The summed E-state index contributed by atoms with van der Waals surface area (Å²) in [5, 5.41) is 0. The van der Waals surface area contributed by atoms with Crippen LogP contribution in [0.25, 0.3) is 44.5 Å². The Morgan fingerprint density at radius 1 is 0.280 bits per heavy atom. The fourth-order valence-electron chi connectivity index (χ4n) is 15.2. The van der Waals surface area contributed by atoms with Gasteiger partial charge in [-0.1, -0.05) is 275 Å². The van der Waals surface area contributed by atoms with Gasteiger partial charge in [0.15, 0.2) is 0 Å². The molecule has 0 N–H and O–H groups in total. The predicted octanol–water partition coefficient (Wildman–Crippen LogP) is 22.5. The van der Waals surface area contributed by atoms with Gasteiger partial charge in [0.2, 0.25) is 0 Å². The number of fused-ring (bicyclic) bond motifs is 8. The van der Waals surface area contributed by atoms with Gasteiger partial charge in [0.1, 0.15) is 23.0 Å². The predicted molar refractivity (Wildman–Crippen MR) is 394 cm³/mol. The molecule has 93 heavy (non-hydrogen) atoms. The molecule has 4 nitrogen and oxygen atoms in total. The Balaban J connectivity index is 1.09. The second kappa shape index (κ2) is 21.1. The van der Waals surface area contributed by atoms with E-state index in [2.05, 4.69) is 345 Å². The van der Waals surface area contributed by atoms with E-state index >= 15 is 0 Å². The van der Waals surface area contributed by atoms with Crippen LogP contribution in [0.1, 0.15) is 155 Å². The molecular weight excluding hydrogens is 1130 g/mol. The van der Waals surface area contributed by atoms with Gasteiger partial charge in [0, 0.05) is 73.0 Å². The molecule has 0 aromatic heterocycles. The maximum absolute atomic E-state index is 7.26. The summed E-state index contributed by atoms with van der Waals surface area (Å²) in [6, 6.07) is 85.4. The fraction of sp³-hybridized carbons (Fsp3) is 0.250. The Bertz CT molecular complexity index is 4800. The molecule has 11 aromatic carbocycles. The maximum atomic E-state index is 7.26. The van der Waals surface area contributed by atoms with E-state index in [-0.39, 0.29) is 33.8 Å². The van der Waals surface area contributed by atoms with Crippen molar-refractivity contribution in [1.82, 2.24) is 0 Å². The van der Waals surface area contributed by atoms with Crippen molar-refractivity contribution in [2.45, 2.75) is 143 Å². The fourth-order valence-corrected chi connectivity index (χ4v) is 15.2. The molecule has 15 rings (SSSR count). The monoisotopic (exact) mass is 1210 g/mol. The third-order valence-electron chi connectivity index (χ3n) is 20.7. The molecule has 0 saturated heterocycles. The third-order valence-corrected chi connectivity index (χ3v) is 20.7. The van der Waals surface area contributed by atoms with Gasteiger partial charge in [0.05, 0.1) is 11.4 Å². The molecule has 0 amide bonds. The summed E-state index contributed by atoms with van der Waals surface area (Å²) in [5.74, 6) is 3.56. The van der Waals surface area contributed by atoms with Crippen molar-refractivity contribution < 1.29 is 9.47 Å². The Kier molecular flexibility index (Phi) is 13.6. The van der Waals surface area contributed by atoms with Gasteiger partial charge in [-0.2, -0.15) is 0 Å². The van der Waals surface area contributed by atoms with Gasteiger partial charge in [0.25, 0.3) is 6.71 Å². The number of hydrogen-bond acceptors (Lipinski definition) is 4. The standard InChI is InChI=1S/C88H85BN2O2/c1-83(2,3)60-42-58(43-61(50-60)84(4,5)6)64-30-20-24-34-72(64)90-74-40-38-56(54-28-18-17-19-29-54)47-70(74)89-71-52-69-81(93-79-37-27-23-33-67(79)88(69,15)16)53-75(71)91(73-35-25-21-31-65(73)59-44-62(85(7,8)9)51-63(45-59)86(10,11)12)77-49-57(48-76(90)82(77)89)55-39-41-80-68(46-55)87(13,14)66-32-22-26-36-78(66)92-80/h17-53H,1-16H3. The lowest BCUT2D eigenvalue weighted by molar-refractivity contribution is 0.418. The minimum Gasteiger partial charge on any atom is -0.457 e. The summed E-state index contributed by atoms with van der Waals surface area (Å²) in [6.07, 6.45) is 0. The second-order valence-electron chi connectivity index (χ2n) is 31.9. The van der Waals surface area contributed by atoms with Crippen LogP contribution < -0.4 is 35.7 Å². The Morgan fingerprint density at radius 3 is 1.20 bits per heavy atom. The van der Waals surface area contributed by atoms with Crippen molar-refractivity contribution in [2.75, 3.05) is 9.80 Å². The van der Waals surface area contributed by atoms with E-state index < -0.39 is 5.41 Å². The molecule has 0 fully saturated rings. The molecule has 0 unspecified atom stereocenters. The highest BCUT2D eigenvalue weighted by Crippen LogP contribution is 2.56. The zero-order valence-electron chi connectivity index (χ0n) is 57.2. The molecule has 0 aliphatic carbocycles. The first-order valence-electron chi connectivity index (χ1n) is 33.5. The van der Waals surface area contributed by atoms with Crippen LogP contribution in [0, 0.1) is 0 Å². The molecule has 4 heterocycles. The molecule has 462 valence electrons. The van der Waals surface area contributed by atoms with Gasteiger partial charge in [-0.3, -0.25) is 0 Å². The van der Waals surface area contributed by atoms with Crippen molar-refractivity contribution >= 4 is 57.2 Å². The summed E-state index contributed by atoms with van der Waals surface area (Å²) in [4.78, 5) is 5.26. The number of nitrogens with zero attached hydrogens (tertiary/aromatic N) is 2. The zero-order valence-corrected chi connectivity index (χ0v) is 57.2. The minimum absolute atomic E-state index is 0.0932. The summed E-state index contributed by atoms with van der Waals surface area (Å²) in [7, 11) is 0. The maximum Gasteiger partial charge on any atom is 0.252 e. The highest BCUT2D eigenvalue weighted by molar-refractivity contribution is 7.00. The minimum atomic E-state index is -0.391. The van der Waals surface area contributed by atoms with Gasteiger partial charge < -0.3 is 19.3 Å². The number of hydrogen-bond donors (Lipinski definition) is 0. The van der Waals surface area contributed by atoms with Crippen LogP contribution in [0.5, 0.6) is 23.0 Å². The van der Waals surface area contributed by atoms with Crippen LogP contribution in [0.15, 0.2) is 224 Å². The Morgan fingerprint density at radius 2 is 0.688 bits per heavy atom. The van der Waals surface area contributed by atoms with Crippen LogP contribution in [0.2, 0.25) is 0 Å². The number of benzene rings is 11. The van der Waals surface area contributed by atoms with E-state index in [0.29, 0.717) is 0 Å². The van der Waals surface area contributed by atoms with Gasteiger partial charge in [-0.05, 0) is 148 Å². The highest BCUT2D eigenvalue weighted by Gasteiger charge is 2.47. The van der Waals surface area contributed by atoms with E-state index in [1.807, 2.05) is 0 Å². The smallest absolute Gasteiger partial charge is 0.252 e. The van der Waals surface area contributed by atoms with Crippen LogP contribution in [0.3, 0.4) is 0 Å². The average molecular weight is 1210 g/mol. The first kappa shape index (κ1) is 60.0. The lowest BCUT2D eigenvalue weighted by atomic mass is 9.33. The first-order valence-corrected chi connectivity index (χ1v) is 33.5. The van der Waals surface area contributed by atoms with Gasteiger partial charge in [-0.25, -0.2) is 0 Å². The molecule has 0 bridgehead atoms. The van der Waals surface area contributed by atoms with Crippen molar-refractivity contribution in [3.8, 4) is 67.5 Å². The number of anilines is 6. The molecule has 0 atom stereocenters. The third kappa shape index (κ3) is 9.94. The van der Waals surface area contributed by atoms with Crippen LogP contribution in [-0.4, -0.2) is 6.71 Å². The number of para-hydroxylation sites is 4. The van der Waals surface area contributed by atoms with Crippen molar-refractivity contribution in [3.63, 3.8) is 0 Å². The average Bonchev–Trinajstić information content (AvgIpc) is 0.688. The molecule has 4 aliphatic rings. The van der Waals surface area contributed by atoms with Crippen molar-refractivity contribution in [1.29, 1.82) is 0 Å². The summed E-state index contributed by atoms with van der Waals surface area (Å²) >= 11 is 0. The normalized spacial score (nSPS) is 14.9. The van der Waals surface area contributed by atoms with E-state index in [1.54, 1.807) is 0 Å². The number of rotatable bonds is 6. The van der Waals surface area contributed by atoms with E-state index in [9.17, 15) is 0 Å². The molecule has 5 heteroatoms. The van der Waals surface area contributed by atoms with E-state index in [0.717, 1.165) is 79.4 Å². The molecule has 11 aromatic rings. The molecule has 4 aliphatic heterocycles. The van der Waals surface area contributed by atoms with Crippen LogP contribution in [-0.2, 0) is 32.5 Å². The van der Waals surface area contributed by atoms with Crippen LogP contribution >= 0.6 is 0 Å². The number of ether oxygens (including phenoxy) is 2. The molecular formula is C88H85BN2O2. The summed E-state index contributed by atoms with van der Waals surface area (Å²) in [6.45, 7) is 37.3. The topological polar surface area (TPSA) is 24.9 Å². The molecule has 0 spiro atoms. The summed E-state index contributed by atoms with van der Waals surface area (Å²) in [5.41, 5.74) is 28.6. The SMILES string of the molecule is CC(C)(C)c1cc(-c2ccccc2N2c3ccc(-c4ccccc4)cc3B3c4cc5c(cc4N(c4ccccc4-c4cc(C(C)(C)C)cc(C(C)(C)C)c4)c4cc(-c6ccc7c(c6)C(C)(C)c6ccccc6O7)cc2c43)Oc2ccccc2C5(C)C)cc(C(C)(C)C)c1. The largest absolute Gasteiger partial charge is 0.457 e. The highest BCUT2D eigenvalue weighted by atomic mass is 16.5. The van der Waals surface area contributed by atoms with E-state index in [4.69, 9.17) is 9.47 Å². The lowest BCUT2D eigenvalue weighted by Crippen LogP contribution is -2.61. The Hall–Kier alpha value is -9.32. The molecule has 0 radical (unpaired) electrons. The zero-order chi connectivity index (χ0) is 65.1. The quantitative estimate of drug-likeness (QED) is 0.155. The molecule has 0 saturated carbocycles. The van der Waals surface area contributed by atoms with E-state index in [1.165, 1.54) is 83.1 Å². The first-order chi connectivity index (χ1) is 44.1.